The second-order valence-electron chi connectivity index (χ2n) is 10.4. The highest BCUT2D eigenvalue weighted by Crippen LogP contribution is 2.44. The topological polar surface area (TPSA) is 93.4 Å². The normalized spacial score (nSPS) is 13.1. The van der Waals surface area contributed by atoms with Gasteiger partial charge in [-0.15, -0.1) is 0 Å². The Morgan fingerprint density at radius 3 is 2.13 bits per heavy atom. The van der Waals surface area contributed by atoms with Gasteiger partial charge in [-0.05, 0) is 47.1 Å². The summed E-state index contributed by atoms with van der Waals surface area (Å²) < 4.78 is 7.70. The number of benzene rings is 3. The Labute approximate surface area is 228 Å². The van der Waals surface area contributed by atoms with Crippen molar-refractivity contribution >= 4 is 12.1 Å². The minimum absolute atomic E-state index is 0.0102. The molecule has 5 rings (SSSR count). The molecule has 0 saturated carbocycles. The van der Waals surface area contributed by atoms with Crippen molar-refractivity contribution in [2.24, 2.45) is 5.92 Å². The number of aromatic nitrogens is 2. The molecule has 0 radical (unpaired) electrons. The van der Waals surface area contributed by atoms with E-state index in [1.165, 1.54) is 11.1 Å². The third-order valence-corrected chi connectivity index (χ3v) is 7.29. The van der Waals surface area contributed by atoms with Gasteiger partial charge in [-0.2, -0.15) is 0 Å². The van der Waals surface area contributed by atoms with Gasteiger partial charge in [0, 0.05) is 18.2 Å². The van der Waals surface area contributed by atoms with E-state index < -0.39 is 18.1 Å². The molecule has 0 saturated heterocycles. The van der Waals surface area contributed by atoms with Gasteiger partial charge >= 0.3 is 12.1 Å². The zero-order valence-electron chi connectivity index (χ0n) is 22.4. The second kappa shape index (κ2) is 11.2. The fourth-order valence-electron chi connectivity index (χ4n) is 5.47. The van der Waals surface area contributed by atoms with Gasteiger partial charge in [-0.25, -0.2) is 14.6 Å². The zero-order chi connectivity index (χ0) is 27.5. The quantitative estimate of drug-likeness (QED) is 0.259. The van der Waals surface area contributed by atoms with Crippen molar-refractivity contribution in [3.8, 4) is 11.1 Å². The molecule has 0 spiro atoms. The standard InChI is InChI=1S/C32H33N3O4/c1-20(2)17-28(30-34-29(31(36)37)21(3)35(30)18-22-11-5-4-6-12-22)33-32(38)39-19-27-25-15-9-7-13-23(25)24-14-8-10-16-26(24)27/h4-16,20,27-28H,17-19H2,1-3H3,(H,33,38)(H,36,37)/t28-/m0/s1. The Bertz CT molecular complexity index is 1450. The number of imidazole rings is 1. The lowest BCUT2D eigenvalue weighted by atomic mass is 9.98. The molecule has 1 amide bonds. The lowest BCUT2D eigenvalue weighted by Gasteiger charge is -2.22. The van der Waals surface area contributed by atoms with Gasteiger partial charge in [0.05, 0.1) is 6.04 Å². The van der Waals surface area contributed by atoms with Crippen LogP contribution in [0.25, 0.3) is 11.1 Å². The summed E-state index contributed by atoms with van der Waals surface area (Å²) in [6, 6.07) is 25.7. The summed E-state index contributed by atoms with van der Waals surface area (Å²) in [7, 11) is 0. The van der Waals surface area contributed by atoms with Crippen LogP contribution in [0.1, 0.15) is 70.9 Å². The molecule has 200 valence electrons. The third kappa shape index (κ3) is 5.43. The van der Waals surface area contributed by atoms with Gasteiger partial charge in [0.25, 0.3) is 0 Å². The van der Waals surface area contributed by atoms with Crippen molar-refractivity contribution in [3.05, 3.63) is 113 Å². The summed E-state index contributed by atoms with van der Waals surface area (Å²) in [5, 5.41) is 12.8. The summed E-state index contributed by atoms with van der Waals surface area (Å²) in [4.78, 5) is 29.7. The maximum atomic E-state index is 13.2. The Morgan fingerprint density at radius 1 is 0.949 bits per heavy atom. The van der Waals surface area contributed by atoms with E-state index in [9.17, 15) is 14.7 Å². The van der Waals surface area contributed by atoms with E-state index in [4.69, 9.17) is 4.74 Å². The van der Waals surface area contributed by atoms with Crippen molar-refractivity contribution in [2.75, 3.05) is 6.61 Å². The maximum Gasteiger partial charge on any atom is 0.407 e. The molecule has 4 aromatic rings. The Hall–Kier alpha value is -4.39. The number of hydrogen-bond donors (Lipinski definition) is 2. The van der Waals surface area contributed by atoms with Gasteiger partial charge < -0.3 is 19.7 Å². The molecular weight excluding hydrogens is 490 g/mol. The number of alkyl carbamates (subject to hydrolysis) is 1. The lowest BCUT2D eigenvalue weighted by molar-refractivity contribution is 0.0690. The van der Waals surface area contributed by atoms with Crippen LogP contribution in [0, 0.1) is 12.8 Å². The number of hydrogen-bond acceptors (Lipinski definition) is 4. The first-order valence-corrected chi connectivity index (χ1v) is 13.3. The maximum absolute atomic E-state index is 13.2. The molecule has 3 aromatic carbocycles. The SMILES string of the molecule is Cc1c(C(=O)O)nc([C@H](CC(C)C)NC(=O)OCC2c3ccccc3-c3ccccc32)n1Cc1ccccc1. The zero-order valence-corrected chi connectivity index (χ0v) is 22.4. The Balaban J connectivity index is 1.39. The van der Waals surface area contributed by atoms with Gasteiger partial charge in [0.1, 0.15) is 12.4 Å². The number of aromatic carboxylic acids is 1. The number of amides is 1. The molecule has 1 aromatic heterocycles. The minimum Gasteiger partial charge on any atom is -0.476 e. The molecule has 0 unspecified atom stereocenters. The van der Waals surface area contributed by atoms with Crippen molar-refractivity contribution in [1.82, 2.24) is 14.9 Å². The molecular formula is C32H33N3O4. The molecule has 0 fully saturated rings. The van der Waals surface area contributed by atoms with Crippen molar-refractivity contribution in [2.45, 2.75) is 45.7 Å². The van der Waals surface area contributed by atoms with Crippen molar-refractivity contribution in [1.29, 1.82) is 0 Å². The number of carboxylic acid groups (broad SMARTS) is 1. The minimum atomic E-state index is -1.09. The molecule has 1 aliphatic rings. The van der Waals surface area contributed by atoms with E-state index in [2.05, 4.69) is 48.4 Å². The molecule has 1 atom stereocenters. The fraction of sp³-hybridized carbons (Fsp3) is 0.281. The van der Waals surface area contributed by atoms with Crippen LogP contribution in [0.4, 0.5) is 4.79 Å². The van der Waals surface area contributed by atoms with Gasteiger partial charge in [0.2, 0.25) is 0 Å². The monoisotopic (exact) mass is 523 g/mol. The highest BCUT2D eigenvalue weighted by atomic mass is 16.5. The van der Waals surface area contributed by atoms with Crippen LogP contribution in [0.5, 0.6) is 0 Å². The van der Waals surface area contributed by atoms with Gasteiger partial charge in [-0.1, -0.05) is 92.7 Å². The highest BCUT2D eigenvalue weighted by molar-refractivity contribution is 5.87. The lowest BCUT2D eigenvalue weighted by Crippen LogP contribution is -2.33. The molecule has 2 N–H and O–H groups in total. The fourth-order valence-corrected chi connectivity index (χ4v) is 5.47. The van der Waals surface area contributed by atoms with Gasteiger partial charge in [0.15, 0.2) is 5.69 Å². The summed E-state index contributed by atoms with van der Waals surface area (Å²) in [6.45, 7) is 6.52. The van der Waals surface area contributed by atoms with E-state index in [-0.39, 0.29) is 24.1 Å². The van der Waals surface area contributed by atoms with E-state index in [0.29, 0.717) is 24.5 Å². The van der Waals surface area contributed by atoms with E-state index in [1.54, 1.807) is 6.92 Å². The van der Waals surface area contributed by atoms with Crippen molar-refractivity contribution in [3.63, 3.8) is 0 Å². The second-order valence-corrected chi connectivity index (χ2v) is 10.4. The summed E-state index contributed by atoms with van der Waals surface area (Å²) in [5.74, 6) is -0.409. The molecule has 0 bridgehead atoms. The number of fused-ring (bicyclic) bond motifs is 3. The van der Waals surface area contributed by atoms with Crippen LogP contribution >= 0.6 is 0 Å². The number of carbonyl (C=O) groups excluding carboxylic acids is 1. The number of nitrogens with zero attached hydrogens (tertiary/aromatic N) is 2. The Morgan fingerprint density at radius 2 is 1.54 bits per heavy atom. The summed E-state index contributed by atoms with van der Waals surface area (Å²) in [5.41, 5.74) is 6.17. The van der Waals surface area contributed by atoms with Crippen LogP contribution in [0.3, 0.4) is 0 Å². The van der Waals surface area contributed by atoms with Crippen LogP contribution in [0.2, 0.25) is 0 Å². The molecule has 1 aliphatic carbocycles. The summed E-state index contributed by atoms with van der Waals surface area (Å²) >= 11 is 0. The predicted octanol–water partition coefficient (Wildman–Crippen LogP) is 6.56. The number of carbonyl (C=O) groups is 2. The molecule has 7 nitrogen and oxygen atoms in total. The molecule has 1 heterocycles. The van der Waals surface area contributed by atoms with Crippen molar-refractivity contribution < 1.29 is 19.4 Å². The summed E-state index contributed by atoms with van der Waals surface area (Å²) in [6.07, 6.45) is 0.0282. The average Bonchev–Trinajstić information content (AvgIpc) is 3.42. The number of ether oxygens (including phenoxy) is 1. The van der Waals surface area contributed by atoms with E-state index in [1.807, 2.05) is 59.2 Å². The number of carboxylic acids is 1. The number of rotatable bonds is 9. The van der Waals surface area contributed by atoms with Crippen LogP contribution in [-0.2, 0) is 11.3 Å². The first kappa shape index (κ1) is 26.2. The highest BCUT2D eigenvalue weighted by Gasteiger charge is 2.31. The molecule has 0 aliphatic heterocycles. The first-order valence-electron chi connectivity index (χ1n) is 13.3. The molecule has 39 heavy (non-hydrogen) atoms. The van der Waals surface area contributed by atoms with Crippen LogP contribution in [-0.4, -0.2) is 33.3 Å². The predicted molar refractivity (Wildman–Crippen MR) is 150 cm³/mol. The van der Waals surface area contributed by atoms with Crippen LogP contribution in [0.15, 0.2) is 78.9 Å². The molecule has 7 heteroatoms. The Kier molecular flexibility index (Phi) is 7.50. The van der Waals surface area contributed by atoms with Gasteiger partial charge in [-0.3, -0.25) is 0 Å². The van der Waals surface area contributed by atoms with E-state index >= 15 is 0 Å². The first-order chi connectivity index (χ1) is 18.8. The van der Waals surface area contributed by atoms with Crippen LogP contribution < -0.4 is 5.32 Å². The third-order valence-electron chi connectivity index (χ3n) is 7.29. The average molecular weight is 524 g/mol. The smallest absolute Gasteiger partial charge is 0.407 e. The largest absolute Gasteiger partial charge is 0.476 e. The van der Waals surface area contributed by atoms with E-state index in [0.717, 1.165) is 16.7 Å². The number of nitrogens with one attached hydrogen (secondary N) is 1.